The van der Waals surface area contributed by atoms with E-state index in [4.69, 9.17) is 4.42 Å². The molecule has 0 aliphatic carbocycles. The van der Waals surface area contributed by atoms with E-state index >= 15 is 0 Å². The number of rotatable bonds is 9. The molecule has 0 aliphatic heterocycles. The van der Waals surface area contributed by atoms with Crippen LogP contribution in [0.15, 0.2) is 39.2 Å². The molecule has 1 atom stereocenters. The molecule has 23 heavy (non-hydrogen) atoms. The summed E-state index contributed by atoms with van der Waals surface area (Å²) < 4.78 is 33.6. The molecule has 128 valence electrons. The first-order valence-corrected chi connectivity index (χ1v) is 10.2. The Hall–Kier alpha value is -1.15. The molecular weight excluding hydrogens is 332 g/mol. The van der Waals surface area contributed by atoms with E-state index in [0.29, 0.717) is 4.21 Å². The van der Waals surface area contributed by atoms with Crippen LogP contribution >= 0.6 is 11.3 Å². The first-order valence-electron chi connectivity index (χ1n) is 7.87. The third kappa shape index (κ3) is 4.44. The van der Waals surface area contributed by atoms with E-state index in [1.165, 1.54) is 11.3 Å². The second-order valence-electron chi connectivity index (χ2n) is 5.18. The van der Waals surface area contributed by atoms with Gasteiger partial charge in [0.2, 0.25) is 10.0 Å². The van der Waals surface area contributed by atoms with Crippen molar-refractivity contribution >= 4 is 21.4 Å². The maximum absolute atomic E-state index is 12.5. The van der Waals surface area contributed by atoms with Gasteiger partial charge in [-0.2, -0.15) is 0 Å². The fourth-order valence-corrected chi connectivity index (χ4v) is 4.89. The summed E-state index contributed by atoms with van der Waals surface area (Å²) in [6, 6.07) is 7.14. The van der Waals surface area contributed by atoms with Crippen molar-refractivity contribution in [3.63, 3.8) is 0 Å². The first kappa shape index (κ1) is 18.2. The van der Waals surface area contributed by atoms with Crippen molar-refractivity contribution in [3.05, 3.63) is 41.2 Å². The molecule has 2 heterocycles. The van der Waals surface area contributed by atoms with Crippen LogP contribution in [-0.4, -0.2) is 33.0 Å². The van der Waals surface area contributed by atoms with E-state index in [1.54, 1.807) is 12.3 Å². The Morgan fingerprint density at radius 3 is 2.48 bits per heavy atom. The van der Waals surface area contributed by atoms with E-state index in [2.05, 4.69) is 23.5 Å². The molecule has 0 amide bonds. The number of sulfonamides is 1. The lowest BCUT2D eigenvalue weighted by molar-refractivity contribution is 0.194. The molecule has 1 N–H and O–H groups in total. The highest BCUT2D eigenvalue weighted by atomic mass is 32.2. The van der Waals surface area contributed by atoms with Crippen molar-refractivity contribution in [1.82, 2.24) is 9.62 Å². The highest BCUT2D eigenvalue weighted by molar-refractivity contribution is 7.91. The molecule has 1 unspecified atom stereocenters. The van der Waals surface area contributed by atoms with Crippen LogP contribution in [0.3, 0.4) is 0 Å². The fourth-order valence-electron chi connectivity index (χ4n) is 2.51. The lowest BCUT2D eigenvalue weighted by Gasteiger charge is -2.28. The van der Waals surface area contributed by atoms with Crippen molar-refractivity contribution in [2.75, 3.05) is 19.6 Å². The predicted molar refractivity (Wildman–Crippen MR) is 93.3 cm³/mol. The molecule has 0 spiro atoms. The molecule has 0 fully saturated rings. The Balaban J connectivity index is 2.14. The zero-order chi connectivity index (χ0) is 16.9. The van der Waals surface area contributed by atoms with Gasteiger partial charge in [0.1, 0.15) is 9.97 Å². The number of likely N-dealkylation sites (N-methyl/N-ethyl adjacent to an activating group) is 1. The quantitative estimate of drug-likeness (QED) is 0.749. The van der Waals surface area contributed by atoms with Crippen molar-refractivity contribution < 1.29 is 12.8 Å². The van der Waals surface area contributed by atoms with Gasteiger partial charge in [-0.3, -0.25) is 4.90 Å². The number of nitrogens with zero attached hydrogens (tertiary/aromatic N) is 1. The average molecular weight is 357 g/mol. The number of nitrogens with one attached hydrogen (secondary N) is 1. The minimum Gasteiger partial charge on any atom is -0.468 e. The topological polar surface area (TPSA) is 62.6 Å². The van der Waals surface area contributed by atoms with Crippen LogP contribution in [0, 0.1) is 0 Å². The Morgan fingerprint density at radius 1 is 1.22 bits per heavy atom. The molecule has 0 saturated carbocycles. The highest BCUT2D eigenvalue weighted by Gasteiger charge is 2.24. The number of thiophene rings is 1. The third-order valence-corrected chi connectivity index (χ3v) is 6.99. The third-order valence-electron chi connectivity index (χ3n) is 3.84. The molecule has 2 aromatic rings. The molecule has 7 heteroatoms. The van der Waals surface area contributed by atoms with E-state index in [0.717, 1.165) is 30.1 Å². The summed E-state index contributed by atoms with van der Waals surface area (Å²) in [5.41, 5.74) is 0. The molecule has 5 nitrogen and oxygen atoms in total. The summed E-state index contributed by atoms with van der Waals surface area (Å²) in [4.78, 5) is 3.24. The Bertz CT molecular complexity index is 689. The average Bonchev–Trinajstić information content (AvgIpc) is 3.22. The largest absolute Gasteiger partial charge is 0.468 e. The summed E-state index contributed by atoms with van der Waals surface area (Å²) >= 11 is 1.32. The number of hydrogen-bond acceptors (Lipinski definition) is 5. The molecule has 2 rings (SSSR count). The smallest absolute Gasteiger partial charge is 0.250 e. The molecule has 0 aliphatic rings. The van der Waals surface area contributed by atoms with Crippen LogP contribution in [0.5, 0.6) is 0 Å². The van der Waals surface area contributed by atoms with Gasteiger partial charge in [-0.05, 0) is 43.8 Å². The summed E-state index contributed by atoms with van der Waals surface area (Å²) in [5.74, 6) is 0.775. The maximum Gasteiger partial charge on any atom is 0.250 e. The molecular formula is C16H24N2O3S2. The second-order valence-corrected chi connectivity index (χ2v) is 8.34. The van der Waals surface area contributed by atoms with Crippen molar-refractivity contribution in [2.24, 2.45) is 0 Å². The van der Waals surface area contributed by atoms with Crippen LogP contribution in [0.4, 0.5) is 0 Å². The zero-order valence-electron chi connectivity index (χ0n) is 13.8. The summed E-state index contributed by atoms with van der Waals surface area (Å²) in [5, 5.41) is 0. The van der Waals surface area contributed by atoms with Gasteiger partial charge < -0.3 is 4.42 Å². The molecule has 0 radical (unpaired) electrons. The molecule has 0 saturated heterocycles. The lowest BCUT2D eigenvalue weighted by atomic mass is 10.2. The normalized spacial score (nSPS) is 13.6. The number of hydrogen-bond donors (Lipinski definition) is 1. The van der Waals surface area contributed by atoms with Gasteiger partial charge in [0.25, 0.3) is 0 Å². The van der Waals surface area contributed by atoms with E-state index < -0.39 is 10.0 Å². The van der Waals surface area contributed by atoms with E-state index in [9.17, 15) is 8.42 Å². The standard InChI is InChI=1S/C16H24N2O3S2/c1-4-13-9-10-16(22-13)23(19,20)17-12-14(18(5-2)6-3)15-8-7-11-21-15/h7-11,14,17H,4-6,12H2,1-3H3. The van der Waals surface area contributed by atoms with Gasteiger partial charge in [0.05, 0.1) is 12.3 Å². The van der Waals surface area contributed by atoms with Crippen molar-refractivity contribution in [2.45, 2.75) is 37.4 Å². The van der Waals surface area contributed by atoms with Crippen LogP contribution in [0.1, 0.15) is 37.5 Å². The maximum atomic E-state index is 12.5. The fraction of sp³-hybridized carbons (Fsp3) is 0.500. The lowest BCUT2D eigenvalue weighted by Crippen LogP contribution is -2.37. The SMILES string of the molecule is CCc1ccc(S(=O)(=O)NCC(c2ccco2)N(CC)CC)s1. The van der Waals surface area contributed by atoms with E-state index in [-0.39, 0.29) is 12.6 Å². The minimum atomic E-state index is -3.49. The van der Waals surface area contributed by atoms with Gasteiger partial charge in [-0.1, -0.05) is 20.8 Å². The van der Waals surface area contributed by atoms with Crippen LogP contribution in [0.2, 0.25) is 0 Å². The monoisotopic (exact) mass is 356 g/mol. The van der Waals surface area contributed by atoms with E-state index in [1.807, 2.05) is 25.1 Å². The Kier molecular flexibility index (Phi) is 6.41. The molecule has 0 aromatic carbocycles. The van der Waals surface area contributed by atoms with Gasteiger partial charge >= 0.3 is 0 Å². The van der Waals surface area contributed by atoms with Gasteiger partial charge in [0.15, 0.2) is 0 Å². The molecule has 0 bridgehead atoms. The minimum absolute atomic E-state index is 0.111. The Labute approximate surface area is 142 Å². The molecule has 2 aromatic heterocycles. The van der Waals surface area contributed by atoms with Crippen molar-refractivity contribution in [1.29, 1.82) is 0 Å². The van der Waals surface area contributed by atoms with Gasteiger partial charge in [0, 0.05) is 11.4 Å². The summed E-state index contributed by atoms with van der Waals surface area (Å²) in [7, 11) is -3.49. The second kappa shape index (κ2) is 8.10. The predicted octanol–water partition coefficient (Wildman–Crippen LogP) is 3.26. The number of furan rings is 1. The highest BCUT2D eigenvalue weighted by Crippen LogP contribution is 2.24. The van der Waals surface area contributed by atoms with Crippen LogP contribution in [0.25, 0.3) is 0 Å². The Morgan fingerprint density at radius 2 is 1.96 bits per heavy atom. The number of aryl methyl sites for hydroxylation is 1. The van der Waals surface area contributed by atoms with Gasteiger partial charge in [-0.15, -0.1) is 11.3 Å². The van der Waals surface area contributed by atoms with Crippen LogP contribution < -0.4 is 4.72 Å². The summed E-state index contributed by atoms with van der Waals surface area (Å²) in [6.07, 6.45) is 2.46. The van der Waals surface area contributed by atoms with Gasteiger partial charge in [-0.25, -0.2) is 13.1 Å². The first-order chi connectivity index (χ1) is 11.0. The van der Waals surface area contributed by atoms with Crippen LogP contribution in [-0.2, 0) is 16.4 Å². The zero-order valence-corrected chi connectivity index (χ0v) is 15.4. The van der Waals surface area contributed by atoms with Crippen molar-refractivity contribution in [3.8, 4) is 0 Å². The summed E-state index contributed by atoms with van der Waals surface area (Å²) in [6.45, 7) is 8.06.